The van der Waals surface area contributed by atoms with Crippen LogP contribution in [0.1, 0.15) is 77.4 Å². The van der Waals surface area contributed by atoms with E-state index in [0.717, 1.165) is 47.2 Å². The fourth-order valence-corrected chi connectivity index (χ4v) is 7.23. The molecule has 1 aliphatic heterocycles. The molecule has 49 heavy (non-hydrogen) atoms. The lowest BCUT2D eigenvalue weighted by Crippen LogP contribution is -2.35. The van der Waals surface area contributed by atoms with Gasteiger partial charge in [-0.05, 0) is 88.7 Å². The maximum atomic E-state index is 14.3. The third-order valence-corrected chi connectivity index (χ3v) is 9.70. The summed E-state index contributed by atoms with van der Waals surface area (Å²) in [6.45, 7) is 6.76. The quantitative estimate of drug-likeness (QED) is 0.0985. The molecule has 5 aromatic rings. The van der Waals surface area contributed by atoms with E-state index in [2.05, 4.69) is 20.8 Å². The van der Waals surface area contributed by atoms with Crippen molar-refractivity contribution in [1.82, 2.24) is 0 Å². The Morgan fingerprint density at radius 2 is 1.57 bits per heavy atom. The smallest absolute Gasteiger partial charge is 0.416 e. The molecule has 2 aliphatic rings. The third-order valence-electron chi connectivity index (χ3n) is 9.70. The van der Waals surface area contributed by atoms with Crippen molar-refractivity contribution >= 4 is 22.8 Å². The molecule has 0 amide bonds. The Kier molecular flexibility index (Phi) is 7.81. The van der Waals surface area contributed by atoms with Crippen LogP contribution in [0.5, 0.6) is 11.5 Å². The molecule has 0 saturated carbocycles. The van der Waals surface area contributed by atoms with Crippen LogP contribution in [0.25, 0.3) is 28.0 Å². The van der Waals surface area contributed by atoms with Crippen LogP contribution in [0, 0.1) is 5.82 Å². The van der Waals surface area contributed by atoms with Crippen molar-refractivity contribution in [2.45, 2.75) is 50.8 Å². The van der Waals surface area contributed by atoms with Crippen LogP contribution in [-0.4, -0.2) is 19.7 Å². The van der Waals surface area contributed by atoms with Crippen LogP contribution < -0.4 is 9.47 Å². The van der Waals surface area contributed by atoms with E-state index in [1.807, 2.05) is 42.5 Å². The lowest BCUT2D eigenvalue weighted by molar-refractivity contribution is -0.137. The van der Waals surface area contributed by atoms with Gasteiger partial charge in [-0.2, -0.15) is 13.2 Å². The number of fused-ring (bicyclic) bond motifs is 8. The summed E-state index contributed by atoms with van der Waals surface area (Å²) in [5, 5.41) is 0.824. The summed E-state index contributed by atoms with van der Waals surface area (Å²) >= 11 is 0. The van der Waals surface area contributed by atoms with Gasteiger partial charge in [0.2, 0.25) is 0 Å². The van der Waals surface area contributed by atoms with Crippen LogP contribution in [0.15, 0.2) is 91.0 Å². The van der Waals surface area contributed by atoms with E-state index in [9.17, 15) is 22.4 Å². The van der Waals surface area contributed by atoms with E-state index in [0.29, 0.717) is 40.0 Å². The van der Waals surface area contributed by atoms with Gasteiger partial charge in [0.05, 0.1) is 24.8 Å². The van der Waals surface area contributed by atoms with Gasteiger partial charge in [-0.3, -0.25) is 0 Å². The van der Waals surface area contributed by atoms with Crippen molar-refractivity contribution in [2.24, 2.45) is 0 Å². The number of ether oxygens (including phenoxy) is 3. The van der Waals surface area contributed by atoms with Gasteiger partial charge >= 0.3 is 12.1 Å². The van der Waals surface area contributed by atoms with Gasteiger partial charge in [0.15, 0.2) is 5.60 Å². The molecule has 250 valence electrons. The van der Waals surface area contributed by atoms with Gasteiger partial charge in [-0.25, -0.2) is 9.18 Å². The molecule has 1 atom stereocenters. The minimum Gasteiger partial charge on any atom is -0.494 e. The second kappa shape index (κ2) is 11.8. The molecule has 8 heteroatoms. The monoisotopic (exact) mass is 666 g/mol. The van der Waals surface area contributed by atoms with E-state index in [1.54, 1.807) is 24.3 Å². The first-order chi connectivity index (χ1) is 23.4. The number of hydrogen-bond donors (Lipinski definition) is 0. The van der Waals surface area contributed by atoms with Crippen LogP contribution >= 0.6 is 0 Å². The molecule has 0 aromatic heterocycles. The molecule has 0 saturated heterocycles. The van der Waals surface area contributed by atoms with Crippen LogP contribution in [0.3, 0.4) is 0 Å². The van der Waals surface area contributed by atoms with Gasteiger partial charge in [0.25, 0.3) is 0 Å². The van der Waals surface area contributed by atoms with E-state index in [1.165, 1.54) is 25.3 Å². The summed E-state index contributed by atoms with van der Waals surface area (Å²) in [5.41, 5.74) is 2.81. The Morgan fingerprint density at radius 1 is 0.878 bits per heavy atom. The lowest BCUT2D eigenvalue weighted by Gasteiger charge is -2.38. The Bertz CT molecular complexity index is 2130. The Morgan fingerprint density at radius 3 is 2.22 bits per heavy atom. The highest BCUT2D eigenvalue weighted by molar-refractivity contribution is 6.09. The number of esters is 1. The number of hydrogen-bond acceptors (Lipinski definition) is 4. The molecule has 0 fully saturated rings. The molecule has 0 N–H and O–H groups in total. The number of halogens is 4. The van der Waals surface area contributed by atoms with Crippen LogP contribution in [0.2, 0.25) is 0 Å². The number of alkyl halides is 3. The molecule has 0 radical (unpaired) electrons. The highest BCUT2D eigenvalue weighted by Gasteiger charge is 2.45. The van der Waals surface area contributed by atoms with Gasteiger partial charge in [0.1, 0.15) is 17.3 Å². The van der Waals surface area contributed by atoms with Gasteiger partial charge in [-0.15, -0.1) is 0 Å². The fourth-order valence-electron chi connectivity index (χ4n) is 7.23. The van der Waals surface area contributed by atoms with E-state index >= 15 is 0 Å². The molecule has 4 nitrogen and oxygen atoms in total. The summed E-state index contributed by atoms with van der Waals surface area (Å²) < 4.78 is 75.0. The predicted octanol–water partition coefficient (Wildman–Crippen LogP) is 10.6. The second-order valence-electron chi connectivity index (χ2n) is 13.0. The van der Waals surface area contributed by atoms with Crippen molar-refractivity contribution in [2.75, 3.05) is 13.7 Å². The zero-order chi connectivity index (χ0) is 34.7. The topological polar surface area (TPSA) is 44.8 Å². The molecular weight excluding hydrogens is 632 g/mol. The largest absolute Gasteiger partial charge is 0.494 e. The molecular formula is C41H34F4O4. The Balaban J connectivity index is 1.50. The van der Waals surface area contributed by atoms with Crippen molar-refractivity contribution in [3.63, 3.8) is 0 Å². The zero-order valence-corrected chi connectivity index (χ0v) is 27.5. The SMILES string of the molecule is CCCCOc1ccc(C2(c3ccc(F)cc3)C=Cc3c4c(c5ccc(C(F)(F)F)cc5c3O2)-c2cc(C(=O)OC)ccc2C4(C)C)cc1. The number of carbonyl (C=O) groups excluding carboxylic acids is 1. The predicted molar refractivity (Wildman–Crippen MR) is 182 cm³/mol. The molecule has 1 heterocycles. The van der Waals surface area contributed by atoms with Gasteiger partial charge in [-0.1, -0.05) is 69.7 Å². The van der Waals surface area contributed by atoms with Crippen LogP contribution in [-0.2, 0) is 21.9 Å². The van der Waals surface area contributed by atoms with E-state index < -0.39 is 34.5 Å². The molecule has 0 bridgehead atoms. The number of rotatable bonds is 7. The zero-order valence-electron chi connectivity index (χ0n) is 27.5. The maximum Gasteiger partial charge on any atom is 0.416 e. The fraction of sp³-hybridized carbons (Fsp3) is 0.244. The number of unbranched alkanes of at least 4 members (excludes halogenated alkanes) is 1. The minimum absolute atomic E-state index is 0.269. The van der Waals surface area contributed by atoms with Gasteiger partial charge in [0, 0.05) is 27.5 Å². The lowest BCUT2D eigenvalue weighted by atomic mass is 9.76. The average molecular weight is 667 g/mol. The van der Waals surface area contributed by atoms with Crippen molar-refractivity contribution in [3.05, 3.63) is 136 Å². The molecule has 1 aliphatic carbocycles. The minimum atomic E-state index is -4.61. The first kappa shape index (κ1) is 32.4. The number of carbonyl (C=O) groups is 1. The third kappa shape index (κ3) is 5.25. The van der Waals surface area contributed by atoms with Crippen molar-refractivity contribution < 1.29 is 36.6 Å². The van der Waals surface area contributed by atoms with Crippen molar-refractivity contribution in [3.8, 4) is 22.6 Å². The Labute approximate surface area is 281 Å². The summed E-state index contributed by atoms with van der Waals surface area (Å²) in [5.74, 6) is 0.0204. The summed E-state index contributed by atoms with van der Waals surface area (Å²) in [6.07, 6.45) is 1.08. The number of benzene rings is 5. The Hall–Kier alpha value is -5.11. The molecule has 5 aromatic carbocycles. The first-order valence-corrected chi connectivity index (χ1v) is 16.2. The first-order valence-electron chi connectivity index (χ1n) is 16.2. The van der Waals surface area contributed by atoms with Crippen molar-refractivity contribution in [1.29, 1.82) is 0 Å². The number of methoxy groups -OCH3 is 1. The summed E-state index contributed by atoms with van der Waals surface area (Å²) in [4.78, 5) is 12.6. The summed E-state index contributed by atoms with van der Waals surface area (Å²) in [7, 11) is 1.31. The normalized spacial score (nSPS) is 17.2. The standard InChI is InChI=1S/C41H34F4O4/c1-5-6-21-48-29-15-10-26(11-16-29)40(25-8-13-28(42)14-9-25)20-19-31-36-35(30-17-12-27(41(43,44)45)23-32(30)37(31)49-40)33-22-24(38(46)47-4)7-18-34(33)39(36,2)3/h7-20,22-23H,5-6,21H2,1-4H3. The molecule has 0 spiro atoms. The molecule has 1 unspecified atom stereocenters. The van der Waals surface area contributed by atoms with E-state index in [-0.39, 0.29) is 11.1 Å². The average Bonchev–Trinajstić information content (AvgIpc) is 3.34. The van der Waals surface area contributed by atoms with Crippen LogP contribution in [0.4, 0.5) is 17.6 Å². The van der Waals surface area contributed by atoms with E-state index in [4.69, 9.17) is 14.2 Å². The highest BCUT2D eigenvalue weighted by atomic mass is 19.4. The summed E-state index contributed by atoms with van der Waals surface area (Å²) in [6, 6.07) is 22.4. The maximum absolute atomic E-state index is 14.3. The highest BCUT2D eigenvalue weighted by Crippen LogP contribution is 2.58. The molecule has 7 rings (SSSR count). The second-order valence-corrected chi connectivity index (χ2v) is 13.0. The van der Waals surface area contributed by atoms with Gasteiger partial charge < -0.3 is 14.2 Å².